The van der Waals surface area contributed by atoms with Gasteiger partial charge in [-0.3, -0.25) is 0 Å². The van der Waals surface area contributed by atoms with Crippen molar-refractivity contribution in [2.24, 2.45) is 0 Å². The second-order valence-corrected chi connectivity index (χ2v) is 11.1. The molecule has 37 heavy (non-hydrogen) atoms. The highest BCUT2D eigenvalue weighted by Gasteiger charge is 2.29. The zero-order valence-corrected chi connectivity index (χ0v) is 23.2. The van der Waals surface area contributed by atoms with Crippen molar-refractivity contribution in [1.29, 1.82) is 0 Å². The zero-order chi connectivity index (χ0) is 26.7. The summed E-state index contributed by atoms with van der Waals surface area (Å²) in [7, 11) is 0. The zero-order valence-electron chi connectivity index (χ0n) is 20.1. The highest BCUT2D eigenvalue weighted by Crippen LogP contribution is 2.45. The molecule has 0 fully saturated rings. The van der Waals surface area contributed by atoms with Crippen LogP contribution in [0.3, 0.4) is 0 Å². The van der Waals surface area contributed by atoms with Crippen LogP contribution in [-0.2, 0) is 15.9 Å². The Morgan fingerprint density at radius 3 is 1.38 bits per heavy atom. The number of rotatable bonds is 8. The molecule has 0 aliphatic rings. The summed E-state index contributed by atoms with van der Waals surface area (Å²) in [6, 6.07) is 14.4. The van der Waals surface area contributed by atoms with Crippen molar-refractivity contribution < 1.29 is 19.1 Å². The van der Waals surface area contributed by atoms with E-state index in [-0.39, 0.29) is 13.2 Å². The Kier molecular flexibility index (Phi) is 8.44. The molecule has 2 aromatic heterocycles. The lowest BCUT2D eigenvalue weighted by molar-refractivity contribution is 0.0519. The van der Waals surface area contributed by atoms with Gasteiger partial charge in [0.2, 0.25) is 0 Å². The number of anilines is 2. The Hall–Kier alpha value is -3.04. The summed E-state index contributed by atoms with van der Waals surface area (Å²) in [4.78, 5) is 27.5. The van der Waals surface area contributed by atoms with Crippen LogP contribution in [0.5, 0.6) is 0 Å². The Balaban J connectivity index is 1.91. The van der Waals surface area contributed by atoms with E-state index in [9.17, 15) is 9.59 Å². The lowest BCUT2D eigenvalue weighted by Gasteiger charge is -2.11. The first-order valence-electron chi connectivity index (χ1n) is 11.4. The number of halogens is 2. The van der Waals surface area contributed by atoms with Crippen LogP contribution in [0, 0.1) is 0 Å². The molecule has 6 nitrogen and oxygen atoms in total. The molecule has 0 radical (unpaired) electrons. The minimum atomic E-state index is -0.497. The van der Waals surface area contributed by atoms with Crippen LogP contribution in [-0.4, -0.2) is 25.2 Å². The second kappa shape index (κ2) is 11.6. The molecule has 10 heteroatoms. The number of thiophene rings is 2. The minimum Gasteiger partial charge on any atom is -0.462 e. The van der Waals surface area contributed by atoms with Gasteiger partial charge in [0.1, 0.15) is 21.1 Å². The largest absolute Gasteiger partial charge is 0.462 e. The molecule has 4 aromatic rings. The lowest BCUT2D eigenvalue weighted by Crippen LogP contribution is -2.08. The van der Waals surface area contributed by atoms with Gasteiger partial charge in [-0.05, 0) is 49.2 Å². The Morgan fingerprint density at radius 1 is 0.703 bits per heavy atom. The molecule has 0 saturated carbocycles. The van der Waals surface area contributed by atoms with Gasteiger partial charge >= 0.3 is 11.9 Å². The molecular formula is C27H24Cl2N2O4S2. The van der Waals surface area contributed by atoms with Gasteiger partial charge in [-0.2, -0.15) is 0 Å². The quantitative estimate of drug-likeness (QED) is 0.210. The summed E-state index contributed by atoms with van der Waals surface area (Å²) in [6.45, 7) is 3.92. The van der Waals surface area contributed by atoms with Crippen LogP contribution in [0.1, 0.15) is 44.3 Å². The van der Waals surface area contributed by atoms with Crippen molar-refractivity contribution in [3.8, 4) is 22.3 Å². The molecule has 2 aromatic carbocycles. The van der Waals surface area contributed by atoms with Gasteiger partial charge in [0.15, 0.2) is 0 Å². The van der Waals surface area contributed by atoms with Crippen molar-refractivity contribution in [1.82, 2.24) is 0 Å². The number of hydrogen-bond acceptors (Lipinski definition) is 8. The van der Waals surface area contributed by atoms with Gasteiger partial charge in [-0.1, -0.05) is 47.5 Å². The predicted molar refractivity (Wildman–Crippen MR) is 153 cm³/mol. The molecule has 4 N–H and O–H groups in total. The maximum absolute atomic E-state index is 12.9. The molecule has 0 amide bonds. The number of hydrogen-bond donors (Lipinski definition) is 2. The maximum atomic E-state index is 12.9. The molecule has 192 valence electrons. The van der Waals surface area contributed by atoms with E-state index in [1.54, 1.807) is 38.1 Å². The van der Waals surface area contributed by atoms with E-state index in [0.717, 1.165) is 20.9 Å². The number of nitrogens with two attached hydrogens (primary N) is 2. The van der Waals surface area contributed by atoms with Crippen molar-refractivity contribution in [2.75, 3.05) is 24.7 Å². The van der Waals surface area contributed by atoms with Crippen molar-refractivity contribution in [2.45, 2.75) is 20.3 Å². The third-order valence-corrected chi connectivity index (χ3v) is 8.10. The standard InChI is InChI=1S/C27H24Cl2N2O4S2/c1-3-34-26(32)22-20(14-5-9-16(28)10-6-14)18(36-24(22)30)13-19-21(15-7-11-17(29)12-8-15)23(25(31)37-19)27(33)35-4-2/h5-12H,3-4,13,30-31H2,1-2H3. The maximum Gasteiger partial charge on any atom is 0.341 e. The molecule has 0 spiro atoms. The summed E-state index contributed by atoms with van der Waals surface area (Å²) in [6.07, 6.45) is 0.373. The third kappa shape index (κ3) is 5.62. The first kappa shape index (κ1) is 27.0. The number of ether oxygens (including phenoxy) is 2. The fourth-order valence-corrected chi connectivity index (χ4v) is 6.57. The van der Waals surface area contributed by atoms with Gasteiger partial charge in [0.25, 0.3) is 0 Å². The summed E-state index contributed by atoms with van der Waals surface area (Å²) in [5, 5.41) is 1.84. The number of benzene rings is 2. The lowest BCUT2D eigenvalue weighted by atomic mass is 9.96. The van der Waals surface area contributed by atoms with Crippen molar-refractivity contribution in [3.05, 3.63) is 79.5 Å². The summed E-state index contributed by atoms with van der Waals surface area (Å²) < 4.78 is 10.6. The smallest absolute Gasteiger partial charge is 0.341 e. The molecule has 0 aliphatic carbocycles. The van der Waals surface area contributed by atoms with E-state index in [2.05, 4.69) is 0 Å². The van der Waals surface area contributed by atoms with Crippen LogP contribution in [0.15, 0.2) is 48.5 Å². The van der Waals surface area contributed by atoms with E-state index < -0.39 is 11.9 Å². The molecular weight excluding hydrogens is 551 g/mol. The summed E-state index contributed by atoms with van der Waals surface area (Å²) in [5.41, 5.74) is 16.2. The predicted octanol–water partition coefficient (Wildman–Crippen LogP) is 7.56. The van der Waals surface area contributed by atoms with Crippen LogP contribution in [0.4, 0.5) is 10.0 Å². The minimum absolute atomic E-state index is 0.217. The van der Waals surface area contributed by atoms with Crippen LogP contribution >= 0.6 is 45.9 Å². The number of nitrogen functional groups attached to an aromatic ring is 2. The van der Waals surface area contributed by atoms with Gasteiger partial charge in [0, 0.05) is 37.3 Å². The molecule has 2 heterocycles. The fraction of sp³-hybridized carbons (Fsp3) is 0.185. The highest BCUT2D eigenvalue weighted by molar-refractivity contribution is 7.18. The van der Waals surface area contributed by atoms with Crippen LogP contribution < -0.4 is 11.5 Å². The van der Waals surface area contributed by atoms with Crippen molar-refractivity contribution in [3.63, 3.8) is 0 Å². The van der Waals surface area contributed by atoms with Gasteiger partial charge in [-0.15, -0.1) is 22.7 Å². The first-order valence-corrected chi connectivity index (χ1v) is 13.8. The van der Waals surface area contributed by atoms with E-state index in [4.69, 9.17) is 44.1 Å². The summed E-state index contributed by atoms with van der Waals surface area (Å²) in [5.74, 6) is -0.994. The van der Waals surface area contributed by atoms with E-state index in [0.29, 0.717) is 48.7 Å². The molecule has 0 unspecified atom stereocenters. The highest BCUT2D eigenvalue weighted by atomic mass is 35.5. The van der Waals surface area contributed by atoms with E-state index >= 15 is 0 Å². The topological polar surface area (TPSA) is 105 Å². The number of carbonyl (C=O) groups is 2. The van der Waals surface area contributed by atoms with Crippen molar-refractivity contribution >= 4 is 67.8 Å². The first-order chi connectivity index (χ1) is 17.7. The molecule has 0 aliphatic heterocycles. The molecule has 0 atom stereocenters. The summed E-state index contributed by atoms with van der Waals surface area (Å²) >= 11 is 14.8. The SMILES string of the molecule is CCOC(=O)c1c(N)sc(Cc2sc(N)c(C(=O)OCC)c2-c2ccc(Cl)cc2)c1-c1ccc(Cl)cc1. The second-order valence-electron chi connectivity index (χ2n) is 7.91. The normalized spacial score (nSPS) is 10.9. The third-order valence-electron chi connectivity index (χ3n) is 5.56. The number of carbonyl (C=O) groups excluding carboxylic acids is 2. The van der Waals surface area contributed by atoms with Gasteiger partial charge in [-0.25, -0.2) is 9.59 Å². The van der Waals surface area contributed by atoms with Gasteiger partial charge < -0.3 is 20.9 Å². The molecule has 0 saturated heterocycles. The van der Waals surface area contributed by atoms with Crippen LogP contribution in [0.25, 0.3) is 22.3 Å². The Morgan fingerprint density at radius 2 is 1.05 bits per heavy atom. The monoisotopic (exact) mass is 574 g/mol. The Labute approximate surface area is 232 Å². The Bertz CT molecular complexity index is 1340. The molecule has 4 rings (SSSR count). The van der Waals surface area contributed by atoms with Crippen LogP contribution in [0.2, 0.25) is 10.0 Å². The van der Waals surface area contributed by atoms with E-state index in [1.165, 1.54) is 22.7 Å². The molecule has 0 bridgehead atoms. The van der Waals surface area contributed by atoms with E-state index in [1.807, 2.05) is 24.3 Å². The fourth-order valence-electron chi connectivity index (χ4n) is 4.05. The average Bonchev–Trinajstić information content (AvgIpc) is 3.36. The number of esters is 2. The average molecular weight is 576 g/mol. The van der Waals surface area contributed by atoms with Gasteiger partial charge in [0.05, 0.1) is 13.2 Å².